The molecular weight excluding hydrogens is 911 g/mol. The second-order valence-corrected chi connectivity index (χ2v) is 21.6. The standard InChI is InChI=1S/C64H115NO8/c1-6-8-10-12-14-16-18-20-22-24-26-28-29-30-31-32-33-35-37-39-41-43-45-47-49-51-53-55-62(67)73-60(59-72-64(63(68)69)70-57-56-65(3,4)5)58-71-61(66)54-52-50-48-46-44-42-40-38-36-34-27-25-23-21-19-17-15-13-11-9-7-2/h8,10,14,16,20,22,25-28,60,64H,6-7,9,11-13,15,17-19,21,23-24,29-59H2,1-5H3/b10-8-,16-14-,22-20-,27-25-,28-26-. The maximum absolute atomic E-state index is 12.9. The van der Waals surface area contributed by atoms with Gasteiger partial charge in [-0.3, -0.25) is 9.59 Å². The Hall–Kier alpha value is -3.01. The predicted octanol–water partition coefficient (Wildman–Crippen LogP) is 16.7. The van der Waals surface area contributed by atoms with E-state index < -0.39 is 24.3 Å². The zero-order chi connectivity index (χ0) is 53.4. The van der Waals surface area contributed by atoms with Crippen LogP contribution in [0.1, 0.15) is 271 Å². The van der Waals surface area contributed by atoms with E-state index in [0.717, 1.165) is 64.2 Å². The molecule has 0 saturated carbocycles. The zero-order valence-corrected chi connectivity index (χ0v) is 48.3. The van der Waals surface area contributed by atoms with E-state index in [1.54, 1.807) is 0 Å². The van der Waals surface area contributed by atoms with E-state index in [1.165, 1.54) is 173 Å². The minimum absolute atomic E-state index is 0.147. The summed E-state index contributed by atoms with van der Waals surface area (Å²) in [7, 11) is 5.93. The van der Waals surface area contributed by atoms with Gasteiger partial charge in [-0.1, -0.05) is 242 Å². The van der Waals surface area contributed by atoms with Crippen LogP contribution in [-0.2, 0) is 33.3 Å². The number of hydrogen-bond acceptors (Lipinski definition) is 8. The van der Waals surface area contributed by atoms with Gasteiger partial charge in [-0.2, -0.15) is 0 Å². The lowest BCUT2D eigenvalue weighted by atomic mass is 10.0. The number of quaternary nitrogens is 1. The Morgan fingerprint density at radius 1 is 0.425 bits per heavy atom. The number of carboxylic acids is 1. The second kappa shape index (κ2) is 55.2. The number of ether oxygens (including phenoxy) is 4. The summed E-state index contributed by atoms with van der Waals surface area (Å²) < 4.78 is 22.7. The molecule has 0 saturated heterocycles. The van der Waals surface area contributed by atoms with Crippen LogP contribution in [0.3, 0.4) is 0 Å². The van der Waals surface area contributed by atoms with Gasteiger partial charge in [0.15, 0.2) is 12.4 Å². The number of allylic oxidation sites excluding steroid dienone is 10. The Bertz CT molecular complexity index is 1380. The van der Waals surface area contributed by atoms with Crippen molar-refractivity contribution in [2.45, 2.75) is 283 Å². The molecular formula is C64H115NO8. The van der Waals surface area contributed by atoms with E-state index in [1.807, 2.05) is 21.1 Å². The number of carbonyl (C=O) groups excluding carboxylic acids is 3. The quantitative estimate of drug-likeness (QED) is 0.0195. The lowest BCUT2D eigenvalue weighted by Crippen LogP contribution is -2.44. The van der Waals surface area contributed by atoms with E-state index in [4.69, 9.17) is 18.9 Å². The molecule has 2 unspecified atom stereocenters. The fourth-order valence-corrected chi connectivity index (χ4v) is 8.58. The normalized spacial score (nSPS) is 13.2. The number of carboxylic acid groups (broad SMARTS) is 1. The highest BCUT2D eigenvalue weighted by Crippen LogP contribution is 2.17. The first-order chi connectivity index (χ1) is 35.6. The highest BCUT2D eigenvalue weighted by Gasteiger charge is 2.22. The molecule has 2 atom stereocenters. The van der Waals surface area contributed by atoms with Crippen molar-refractivity contribution in [2.75, 3.05) is 47.5 Å². The van der Waals surface area contributed by atoms with Gasteiger partial charge in [0, 0.05) is 12.8 Å². The van der Waals surface area contributed by atoms with Crippen molar-refractivity contribution in [3.8, 4) is 0 Å². The number of likely N-dealkylation sites (N-methyl/N-ethyl adjacent to an activating group) is 1. The van der Waals surface area contributed by atoms with Crippen LogP contribution in [0, 0.1) is 0 Å². The van der Waals surface area contributed by atoms with Crippen molar-refractivity contribution in [1.82, 2.24) is 0 Å². The second-order valence-electron chi connectivity index (χ2n) is 21.6. The third-order valence-corrected chi connectivity index (χ3v) is 13.2. The van der Waals surface area contributed by atoms with Gasteiger partial charge in [-0.25, -0.2) is 0 Å². The van der Waals surface area contributed by atoms with Crippen LogP contribution in [0.15, 0.2) is 60.8 Å². The van der Waals surface area contributed by atoms with Crippen molar-refractivity contribution >= 4 is 17.9 Å². The molecule has 0 fully saturated rings. The number of rotatable bonds is 56. The highest BCUT2D eigenvalue weighted by atomic mass is 16.7. The molecule has 0 radical (unpaired) electrons. The summed E-state index contributed by atoms with van der Waals surface area (Å²) in [5.74, 6) is -2.28. The molecule has 0 aromatic heterocycles. The molecule has 9 heteroatoms. The fraction of sp³-hybridized carbons (Fsp3) is 0.797. The monoisotopic (exact) mass is 1030 g/mol. The van der Waals surface area contributed by atoms with Gasteiger partial charge < -0.3 is 33.3 Å². The topological polar surface area (TPSA) is 111 Å². The van der Waals surface area contributed by atoms with Crippen LogP contribution in [0.5, 0.6) is 0 Å². The summed E-state index contributed by atoms with van der Waals surface area (Å²) in [4.78, 5) is 37.3. The zero-order valence-electron chi connectivity index (χ0n) is 48.3. The number of aliphatic carboxylic acids is 1. The third kappa shape index (κ3) is 56.6. The first kappa shape index (κ1) is 70.0. The van der Waals surface area contributed by atoms with Gasteiger partial charge in [-0.15, -0.1) is 0 Å². The lowest BCUT2D eigenvalue weighted by molar-refractivity contribution is -0.870. The van der Waals surface area contributed by atoms with Gasteiger partial charge in [0.05, 0.1) is 40.3 Å². The summed E-state index contributed by atoms with van der Waals surface area (Å²) >= 11 is 0. The molecule has 73 heavy (non-hydrogen) atoms. The number of esters is 2. The SMILES string of the molecule is CC/C=C\C/C=C\C/C=C\C/C=C\CCCCCCCCCCCCCCCCC(=O)OC(COC(=O)CCCCCCCCCCC/C=C\CCCCCCCCCC)COC(OCC[N+](C)(C)C)C(=O)[O-]. The van der Waals surface area contributed by atoms with Crippen molar-refractivity contribution in [3.63, 3.8) is 0 Å². The van der Waals surface area contributed by atoms with E-state index >= 15 is 0 Å². The van der Waals surface area contributed by atoms with Gasteiger partial charge in [0.25, 0.3) is 0 Å². The van der Waals surface area contributed by atoms with E-state index in [-0.39, 0.29) is 32.2 Å². The Labute approximate surface area is 450 Å². The number of carbonyl (C=O) groups is 3. The molecule has 0 spiro atoms. The van der Waals surface area contributed by atoms with Crippen molar-refractivity contribution < 1.29 is 42.9 Å². The molecule has 0 aliphatic rings. The molecule has 0 rings (SSSR count). The first-order valence-electron chi connectivity index (χ1n) is 30.4. The summed E-state index contributed by atoms with van der Waals surface area (Å²) in [6, 6.07) is 0. The van der Waals surface area contributed by atoms with Crippen molar-refractivity contribution in [3.05, 3.63) is 60.8 Å². The van der Waals surface area contributed by atoms with Crippen LogP contribution >= 0.6 is 0 Å². The maximum atomic E-state index is 12.9. The highest BCUT2D eigenvalue weighted by molar-refractivity contribution is 5.70. The largest absolute Gasteiger partial charge is 0.545 e. The first-order valence-corrected chi connectivity index (χ1v) is 30.4. The van der Waals surface area contributed by atoms with Crippen LogP contribution in [0.25, 0.3) is 0 Å². The molecule has 0 aromatic rings. The van der Waals surface area contributed by atoms with E-state index in [9.17, 15) is 19.5 Å². The molecule has 0 amide bonds. The summed E-state index contributed by atoms with van der Waals surface area (Å²) in [6.45, 7) is 4.66. The molecule has 0 heterocycles. The minimum atomic E-state index is -1.62. The molecule has 0 bridgehead atoms. The van der Waals surface area contributed by atoms with Gasteiger partial charge in [0.1, 0.15) is 13.2 Å². The maximum Gasteiger partial charge on any atom is 0.306 e. The smallest absolute Gasteiger partial charge is 0.306 e. The van der Waals surface area contributed by atoms with Crippen LogP contribution in [-0.4, -0.2) is 82.3 Å². The van der Waals surface area contributed by atoms with Crippen molar-refractivity contribution in [2.24, 2.45) is 0 Å². The van der Waals surface area contributed by atoms with Crippen molar-refractivity contribution in [1.29, 1.82) is 0 Å². The van der Waals surface area contributed by atoms with Crippen LogP contribution in [0.4, 0.5) is 0 Å². The van der Waals surface area contributed by atoms with Gasteiger partial charge >= 0.3 is 11.9 Å². The summed E-state index contributed by atoms with van der Waals surface area (Å²) in [5.41, 5.74) is 0. The summed E-state index contributed by atoms with van der Waals surface area (Å²) in [6.07, 6.45) is 67.0. The molecule has 0 N–H and O–H groups in total. The molecule has 9 nitrogen and oxygen atoms in total. The van der Waals surface area contributed by atoms with E-state index in [0.29, 0.717) is 23.9 Å². The number of nitrogens with zero attached hydrogens (tertiary/aromatic N) is 1. The Balaban J connectivity index is 4.20. The van der Waals surface area contributed by atoms with Crippen LogP contribution in [0.2, 0.25) is 0 Å². The van der Waals surface area contributed by atoms with Crippen LogP contribution < -0.4 is 5.11 Å². The van der Waals surface area contributed by atoms with Gasteiger partial charge in [0.2, 0.25) is 0 Å². The average Bonchev–Trinajstić information content (AvgIpc) is 3.36. The lowest BCUT2D eigenvalue weighted by Gasteiger charge is -2.26. The fourth-order valence-electron chi connectivity index (χ4n) is 8.58. The summed E-state index contributed by atoms with van der Waals surface area (Å²) in [5, 5.41) is 11.8. The Morgan fingerprint density at radius 2 is 0.781 bits per heavy atom. The molecule has 0 aliphatic heterocycles. The number of hydrogen-bond donors (Lipinski definition) is 0. The minimum Gasteiger partial charge on any atom is -0.545 e. The Morgan fingerprint density at radius 3 is 1.18 bits per heavy atom. The number of unbranched alkanes of at least 4 members (excludes halogenated alkanes) is 31. The van der Waals surface area contributed by atoms with E-state index in [2.05, 4.69) is 74.6 Å². The Kier molecular flexibility index (Phi) is 53.0. The molecule has 0 aromatic carbocycles. The molecule has 424 valence electrons. The molecule has 0 aliphatic carbocycles. The average molecular weight is 1030 g/mol. The predicted molar refractivity (Wildman–Crippen MR) is 306 cm³/mol. The van der Waals surface area contributed by atoms with Gasteiger partial charge in [-0.05, 0) is 77.0 Å². The third-order valence-electron chi connectivity index (χ3n) is 13.2.